The number of carbonyl (C=O) groups excluding carboxylic acids is 2. The molecule has 1 N–H and O–H groups in total. The van der Waals surface area contributed by atoms with Gasteiger partial charge in [0.2, 0.25) is 11.8 Å². The van der Waals surface area contributed by atoms with E-state index in [2.05, 4.69) is 10.3 Å². The van der Waals surface area contributed by atoms with Crippen molar-refractivity contribution < 1.29 is 14.3 Å². The van der Waals surface area contributed by atoms with Crippen LogP contribution < -0.4 is 10.1 Å². The lowest BCUT2D eigenvalue weighted by Gasteiger charge is -2.23. The zero-order valence-electron chi connectivity index (χ0n) is 14.1. The normalized spacial score (nSPS) is 16.7. The Labute approximate surface area is 150 Å². The van der Waals surface area contributed by atoms with Crippen LogP contribution >= 0.6 is 11.3 Å². The minimum absolute atomic E-state index is 0.0657. The molecule has 132 valence electrons. The Morgan fingerprint density at radius 1 is 1.40 bits per heavy atom. The predicted molar refractivity (Wildman–Crippen MR) is 95.6 cm³/mol. The molecule has 0 saturated carbocycles. The molecule has 1 atom stereocenters. The van der Waals surface area contributed by atoms with Crippen molar-refractivity contribution in [2.24, 2.45) is 0 Å². The van der Waals surface area contributed by atoms with Crippen molar-refractivity contribution in [1.29, 1.82) is 0 Å². The second-order valence-electron chi connectivity index (χ2n) is 5.75. The van der Waals surface area contributed by atoms with Gasteiger partial charge in [0.25, 0.3) is 5.91 Å². The number of aromatic nitrogens is 1. The Kier molecular flexibility index (Phi) is 5.65. The van der Waals surface area contributed by atoms with Gasteiger partial charge in [-0.3, -0.25) is 9.59 Å². The first-order valence-electron chi connectivity index (χ1n) is 8.39. The summed E-state index contributed by atoms with van der Waals surface area (Å²) in [7, 11) is 0. The van der Waals surface area contributed by atoms with E-state index in [0.717, 1.165) is 12.0 Å². The van der Waals surface area contributed by atoms with Gasteiger partial charge >= 0.3 is 0 Å². The fourth-order valence-corrected chi connectivity index (χ4v) is 3.63. The van der Waals surface area contributed by atoms with Crippen LogP contribution in [0.4, 0.5) is 0 Å². The molecule has 3 rings (SSSR count). The molecule has 2 aromatic rings. The van der Waals surface area contributed by atoms with Crippen molar-refractivity contribution in [2.75, 3.05) is 13.2 Å². The second-order valence-corrected chi connectivity index (χ2v) is 6.70. The van der Waals surface area contributed by atoms with Crippen molar-refractivity contribution in [3.05, 3.63) is 46.3 Å². The molecule has 0 aliphatic carbocycles. The summed E-state index contributed by atoms with van der Waals surface area (Å²) in [4.78, 5) is 31.7. The summed E-state index contributed by atoms with van der Waals surface area (Å²) in [6, 6.07) is 6.92. The smallest absolute Gasteiger partial charge is 0.264 e. The Bertz CT molecular complexity index is 733. The van der Waals surface area contributed by atoms with E-state index in [1.54, 1.807) is 17.2 Å². The number of rotatable bonds is 6. The average Bonchev–Trinajstić information content (AvgIpc) is 3.32. The van der Waals surface area contributed by atoms with Crippen molar-refractivity contribution in [3.8, 4) is 5.88 Å². The maximum atomic E-state index is 12.6. The highest BCUT2D eigenvalue weighted by Crippen LogP contribution is 2.22. The number of carbonyl (C=O) groups is 2. The van der Waals surface area contributed by atoms with Gasteiger partial charge < -0.3 is 15.0 Å². The maximum Gasteiger partial charge on any atom is 0.264 e. The third kappa shape index (κ3) is 3.99. The second kappa shape index (κ2) is 8.11. The van der Waals surface area contributed by atoms with Gasteiger partial charge in [0, 0.05) is 24.8 Å². The first-order chi connectivity index (χ1) is 12.2. The van der Waals surface area contributed by atoms with E-state index in [1.165, 1.54) is 11.3 Å². The number of ether oxygens (including phenoxy) is 1. The zero-order valence-corrected chi connectivity index (χ0v) is 14.9. The Morgan fingerprint density at radius 3 is 3.04 bits per heavy atom. The summed E-state index contributed by atoms with van der Waals surface area (Å²) in [5.74, 6) is 0.334. The summed E-state index contributed by atoms with van der Waals surface area (Å²) in [5.41, 5.74) is 0.826. The van der Waals surface area contributed by atoms with Gasteiger partial charge in [-0.15, -0.1) is 11.3 Å². The third-order valence-electron chi connectivity index (χ3n) is 4.13. The number of hydrogen-bond acceptors (Lipinski definition) is 5. The SMILES string of the molecule is CCOc1ncccc1CNC(=O)C1CCCN1C(=O)c1cccs1. The van der Waals surface area contributed by atoms with E-state index in [9.17, 15) is 9.59 Å². The average molecular weight is 359 g/mol. The van der Waals surface area contributed by atoms with Crippen molar-refractivity contribution in [2.45, 2.75) is 32.4 Å². The Morgan fingerprint density at radius 2 is 2.28 bits per heavy atom. The quantitative estimate of drug-likeness (QED) is 0.860. The van der Waals surface area contributed by atoms with E-state index in [4.69, 9.17) is 4.74 Å². The van der Waals surface area contributed by atoms with Crippen LogP contribution in [0.3, 0.4) is 0 Å². The number of hydrogen-bond donors (Lipinski definition) is 1. The lowest BCUT2D eigenvalue weighted by molar-refractivity contribution is -0.125. The summed E-state index contributed by atoms with van der Waals surface area (Å²) in [6.07, 6.45) is 3.19. The van der Waals surface area contributed by atoms with Crippen LogP contribution in [0.15, 0.2) is 35.8 Å². The van der Waals surface area contributed by atoms with Gasteiger partial charge in [-0.2, -0.15) is 0 Å². The summed E-state index contributed by atoms with van der Waals surface area (Å²) < 4.78 is 5.48. The molecular weight excluding hydrogens is 338 g/mol. The minimum atomic E-state index is -0.415. The lowest BCUT2D eigenvalue weighted by atomic mass is 10.2. The van der Waals surface area contributed by atoms with Crippen LogP contribution in [0, 0.1) is 0 Å². The van der Waals surface area contributed by atoms with Crippen molar-refractivity contribution >= 4 is 23.2 Å². The topological polar surface area (TPSA) is 71.5 Å². The molecule has 0 aromatic carbocycles. The first-order valence-corrected chi connectivity index (χ1v) is 9.27. The molecule has 3 heterocycles. The largest absolute Gasteiger partial charge is 0.478 e. The summed E-state index contributed by atoms with van der Waals surface area (Å²) >= 11 is 1.40. The van der Waals surface area contributed by atoms with Crippen LogP contribution in [0.5, 0.6) is 5.88 Å². The van der Waals surface area contributed by atoms with Gasteiger partial charge in [0.05, 0.1) is 11.5 Å². The number of likely N-dealkylation sites (tertiary alicyclic amines) is 1. The fourth-order valence-electron chi connectivity index (χ4n) is 2.95. The molecule has 1 saturated heterocycles. The zero-order chi connectivity index (χ0) is 17.6. The molecule has 1 aliphatic heterocycles. The van der Waals surface area contributed by atoms with Gasteiger partial charge in [-0.25, -0.2) is 4.98 Å². The number of amides is 2. The molecule has 6 nitrogen and oxygen atoms in total. The molecule has 25 heavy (non-hydrogen) atoms. The van der Waals surface area contributed by atoms with Gasteiger partial charge in [-0.05, 0) is 37.3 Å². The van der Waals surface area contributed by atoms with E-state index in [1.807, 2.05) is 30.5 Å². The fraction of sp³-hybridized carbons (Fsp3) is 0.389. The van der Waals surface area contributed by atoms with Crippen LogP contribution in [0.1, 0.15) is 35.0 Å². The summed E-state index contributed by atoms with van der Waals surface area (Å²) in [5, 5.41) is 4.79. The molecule has 2 amide bonds. The van der Waals surface area contributed by atoms with Crippen LogP contribution in [-0.2, 0) is 11.3 Å². The molecular formula is C18H21N3O3S. The van der Waals surface area contributed by atoms with E-state index < -0.39 is 6.04 Å². The van der Waals surface area contributed by atoms with Crippen LogP contribution in [0.2, 0.25) is 0 Å². The highest BCUT2D eigenvalue weighted by molar-refractivity contribution is 7.12. The lowest BCUT2D eigenvalue weighted by Crippen LogP contribution is -2.45. The molecule has 1 unspecified atom stereocenters. The number of pyridine rings is 1. The number of nitrogens with one attached hydrogen (secondary N) is 1. The number of nitrogens with zero attached hydrogens (tertiary/aromatic N) is 2. The van der Waals surface area contributed by atoms with Crippen LogP contribution in [0.25, 0.3) is 0 Å². The molecule has 0 radical (unpaired) electrons. The van der Waals surface area contributed by atoms with Crippen molar-refractivity contribution in [3.63, 3.8) is 0 Å². The standard InChI is InChI=1S/C18H21N3O3S/c1-2-24-17-13(6-3-9-19-17)12-20-16(22)14-7-4-10-21(14)18(23)15-8-5-11-25-15/h3,5-6,8-9,11,14H,2,4,7,10,12H2,1H3,(H,20,22). The molecule has 7 heteroatoms. The Balaban J connectivity index is 1.64. The Hall–Kier alpha value is -2.41. The molecule has 1 aliphatic rings. The summed E-state index contributed by atoms with van der Waals surface area (Å²) in [6.45, 7) is 3.36. The predicted octanol–water partition coefficient (Wildman–Crippen LogP) is 2.46. The molecule has 2 aromatic heterocycles. The van der Waals surface area contributed by atoms with E-state index >= 15 is 0 Å². The first kappa shape index (κ1) is 17.4. The van der Waals surface area contributed by atoms with Crippen molar-refractivity contribution in [1.82, 2.24) is 15.2 Å². The van der Waals surface area contributed by atoms with Gasteiger partial charge in [-0.1, -0.05) is 12.1 Å². The number of thiophene rings is 1. The third-order valence-corrected chi connectivity index (χ3v) is 4.99. The van der Waals surface area contributed by atoms with Crippen LogP contribution in [-0.4, -0.2) is 40.9 Å². The van der Waals surface area contributed by atoms with Gasteiger partial charge in [0.15, 0.2) is 0 Å². The molecule has 0 bridgehead atoms. The monoisotopic (exact) mass is 359 g/mol. The molecule has 0 spiro atoms. The maximum absolute atomic E-state index is 12.6. The van der Waals surface area contributed by atoms with E-state index in [-0.39, 0.29) is 11.8 Å². The van der Waals surface area contributed by atoms with Gasteiger partial charge in [0.1, 0.15) is 6.04 Å². The molecule has 1 fully saturated rings. The minimum Gasteiger partial charge on any atom is -0.478 e. The van der Waals surface area contributed by atoms with E-state index in [0.29, 0.717) is 36.9 Å². The highest BCUT2D eigenvalue weighted by Gasteiger charge is 2.34. The highest BCUT2D eigenvalue weighted by atomic mass is 32.1.